The molecule has 0 saturated heterocycles. The summed E-state index contributed by atoms with van der Waals surface area (Å²) in [5.74, 6) is 0. The Morgan fingerprint density at radius 3 is 2.40 bits per heavy atom. The first-order valence-corrected chi connectivity index (χ1v) is 5.88. The molecule has 0 radical (unpaired) electrons. The highest BCUT2D eigenvalue weighted by molar-refractivity contribution is 4.97. The van der Waals surface area contributed by atoms with Gasteiger partial charge in [-0.05, 0) is 13.8 Å². The van der Waals surface area contributed by atoms with Crippen LogP contribution >= 0.6 is 0 Å². The molecule has 0 N–H and O–H groups in total. The molecular weight excluding hydrogens is 184 g/mol. The summed E-state index contributed by atoms with van der Waals surface area (Å²) in [6.45, 7) is 8.20. The minimum atomic E-state index is 1.16. The third kappa shape index (κ3) is 3.31. The molecule has 0 fully saturated rings. The SMILES string of the molecule is CC[N+](C)(CC)CCc1cccc[n+]1C. The van der Waals surface area contributed by atoms with E-state index in [1.807, 2.05) is 0 Å². The van der Waals surface area contributed by atoms with E-state index < -0.39 is 0 Å². The van der Waals surface area contributed by atoms with Crippen LogP contribution in [0, 0.1) is 0 Å². The van der Waals surface area contributed by atoms with Gasteiger partial charge in [0.2, 0.25) is 0 Å². The highest BCUT2D eigenvalue weighted by Crippen LogP contribution is 2.03. The van der Waals surface area contributed by atoms with Gasteiger partial charge in [-0.2, -0.15) is 0 Å². The molecule has 1 heterocycles. The lowest BCUT2D eigenvalue weighted by molar-refractivity contribution is -0.906. The molecule has 0 aliphatic rings. The van der Waals surface area contributed by atoms with Crippen molar-refractivity contribution in [2.45, 2.75) is 20.3 Å². The van der Waals surface area contributed by atoms with Crippen LogP contribution in [0.1, 0.15) is 19.5 Å². The van der Waals surface area contributed by atoms with Gasteiger partial charge in [-0.3, -0.25) is 0 Å². The zero-order valence-corrected chi connectivity index (χ0v) is 10.5. The van der Waals surface area contributed by atoms with E-state index in [0.29, 0.717) is 0 Å². The standard InChI is InChI=1S/C13H24N2/c1-5-15(4,6-2)12-10-13-9-7-8-11-14(13)3/h7-9,11H,5-6,10,12H2,1-4H3/q+2. The van der Waals surface area contributed by atoms with Crippen LogP contribution in [-0.2, 0) is 13.5 Å². The van der Waals surface area contributed by atoms with Crippen molar-refractivity contribution < 1.29 is 9.05 Å². The Morgan fingerprint density at radius 1 is 1.20 bits per heavy atom. The van der Waals surface area contributed by atoms with Gasteiger partial charge in [-0.25, -0.2) is 4.57 Å². The number of likely N-dealkylation sites (N-methyl/N-ethyl adjacent to an activating group) is 1. The Balaban J connectivity index is 2.61. The van der Waals surface area contributed by atoms with Crippen molar-refractivity contribution in [1.29, 1.82) is 0 Å². The lowest BCUT2D eigenvalue weighted by Gasteiger charge is -2.31. The van der Waals surface area contributed by atoms with Crippen LogP contribution in [0.3, 0.4) is 0 Å². The van der Waals surface area contributed by atoms with Gasteiger partial charge in [0.25, 0.3) is 0 Å². The number of aryl methyl sites for hydroxylation is 1. The highest BCUT2D eigenvalue weighted by Gasteiger charge is 2.18. The van der Waals surface area contributed by atoms with Crippen LogP contribution in [0.5, 0.6) is 0 Å². The fraction of sp³-hybridized carbons (Fsp3) is 0.615. The fourth-order valence-electron chi connectivity index (χ4n) is 1.74. The molecule has 0 aliphatic carbocycles. The maximum Gasteiger partial charge on any atom is 0.186 e. The maximum absolute atomic E-state index is 2.34. The predicted octanol–water partition coefficient (Wildman–Crippen LogP) is 1.54. The van der Waals surface area contributed by atoms with Crippen LogP contribution in [0.25, 0.3) is 0 Å². The number of nitrogens with zero attached hydrogens (tertiary/aromatic N) is 2. The van der Waals surface area contributed by atoms with Crippen molar-refractivity contribution in [3.63, 3.8) is 0 Å². The van der Waals surface area contributed by atoms with Crippen LogP contribution in [0.4, 0.5) is 0 Å². The van der Waals surface area contributed by atoms with Crippen molar-refractivity contribution in [1.82, 2.24) is 0 Å². The quantitative estimate of drug-likeness (QED) is 0.510. The molecule has 0 saturated carbocycles. The van der Waals surface area contributed by atoms with E-state index in [0.717, 1.165) is 10.9 Å². The largest absolute Gasteiger partial charge is 0.326 e. The second kappa shape index (κ2) is 5.26. The smallest absolute Gasteiger partial charge is 0.186 e. The Morgan fingerprint density at radius 2 is 1.87 bits per heavy atom. The molecule has 0 atom stereocenters. The Bertz CT molecular complexity index is 303. The Labute approximate surface area is 93.8 Å². The van der Waals surface area contributed by atoms with Gasteiger partial charge >= 0.3 is 0 Å². The van der Waals surface area contributed by atoms with E-state index in [4.69, 9.17) is 0 Å². The van der Waals surface area contributed by atoms with E-state index in [2.05, 4.69) is 56.9 Å². The first-order valence-electron chi connectivity index (χ1n) is 5.88. The van der Waals surface area contributed by atoms with Gasteiger partial charge in [-0.15, -0.1) is 0 Å². The summed E-state index contributed by atoms with van der Waals surface area (Å²) in [7, 11) is 4.46. The molecule has 0 unspecified atom stereocenters. The summed E-state index contributed by atoms with van der Waals surface area (Å²) in [6.07, 6.45) is 3.28. The van der Waals surface area contributed by atoms with Crippen LogP contribution in [-0.4, -0.2) is 31.2 Å². The van der Waals surface area contributed by atoms with E-state index in [9.17, 15) is 0 Å². The highest BCUT2D eigenvalue weighted by atomic mass is 15.3. The van der Waals surface area contributed by atoms with Gasteiger partial charge in [0.1, 0.15) is 7.05 Å². The third-order valence-electron chi connectivity index (χ3n) is 3.60. The number of pyridine rings is 1. The van der Waals surface area contributed by atoms with Crippen LogP contribution in [0.2, 0.25) is 0 Å². The van der Waals surface area contributed by atoms with Gasteiger partial charge in [0, 0.05) is 12.1 Å². The van der Waals surface area contributed by atoms with Crippen molar-refractivity contribution in [2.24, 2.45) is 7.05 Å². The lowest BCUT2D eigenvalue weighted by Crippen LogP contribution is -2.46. The van der Waals surface area contributed by atoms with Crippen LogP contribution in [0.15, 0.2) is 24.4 Å². The molecule has 0 spiro atoms. The summed E-state index contributed by atoms with van der Waals surface area (Å²) in [6, 6.07) is 6.42. The van der Waals surface area contributed by atoms with E-state index in [-0.39, 0.29) is 0 Å². The van der Waals surface area contributed by atoms with E-state index >= 15 is 0 Å². The minimum Gasteiger partial charge on any atom is -0.326 e. The van der Waals surface area contributed by atoms with Gasteiger partial charge in [-0.1, -0.05) is 6.07 Å². The molecule has 0 bridgehead atoms. The van der Waals surface area contributed by atoms with Crippen molar-refractivity contribution in [3.8, 4) is 0 Å². The molecule has 2 heteroatoms. The number of quaternary nitrogens is 1. The van der Waals surface area contributed by atoms with Gasteiger partial charge in [0.05, 0.1) is 33.1 Å². The zero-order valence-electron chi connectivity index (χ0n) is 10.5. The second-order valence-corrected chi connectivity index (χ2v) is 4.53. The monoisotopic (exact) mass is 208 g/mol. The zero-order chi connectivity index (χ0) is 11.3. The summed E-state index contributed by atoms with van der Waals surface area (Å²) < 4.78 is 3.38. The van der Waals surface area contributed by atoms with Gasteiger partial charge in [0.15, 0.2) is 11.9 Å². The average molecular weight is 208 g/mol. The lowest BCUT2D eigenvalue weighted by atomic mass is 10.2. The van der Waals surface area contributed by atoms with Crippen molar-refractivity contribution in [2.75, 3.05) is 26.7 Å². The molecule has 1 rings (SSSR count). The first-order chi connectivity index (χ1) is 7.11. The predicted molar refractivity (Wildman–Crippen MR) is 63.5 cm³/mol. The fourth-order valence-corrected chi connectivity index (χ4v) is 1.74. The maximum atomic E-state index is 2.34. The molecule has 0 aromatic carbocycles. The molecule has 84 valence electrons. The molecule has 1 aromatic rings. The van der Waals surface area contributed by atoms with Crippen LogP contribution < -0.4 is 4.57 Å². The molecule has 1 aromatic heterocycles. The summed E-state index contributed by atoms with van der Waals surface area (Å²) in [5, 5.41) is 0. The average Bonchev–Trinajstić information content (AvgIpc) is 2.28. The topological polar surface area (TPSA) is 3.88 Å². The Kier molecular flexibility index (Phi) is 4.28. The summed E-state index contributed by atoms with van der Waals surface area (Å²) >= 11 is 0. The minimum absolute atomic E-state index is 1.16. The third-order valence-corrected chi connectivity index (χ3v) is 3.60. The van der Waals surface area contributed by atoms with Gasteiger partial charge < -0.3 is 4.48 Å². The summed E-state index contributed by atoms with van der Waals surface area (Å²) in [5.41, 5.74) is 1.42. The van der Waals surface area contributed by atoms with E-state index in [1.165, 1.54) is 25.3 Å². The number of rotatable bonds is 5. The van der Waals surface area contributed by atoms with E-state index in [1.54, 1.807) is 0 Å². The molecular formula is C13H24N2+2. The normalized spacial score (nSPS) is 11.7. The van der Waals surface area contributed by atoms with Crippen molar-refractivity contribution >= 4 is 0 Å². The van der Waals surface area contributed by atoms with Crippen molar-refractivity contribution in [3.05, 3.63) is 30.1 Å². The second-order valence-electron chi connectivity index (χ2n) is 4.53. The molecule has 0 amide bonds. The Hall–Kier alpha value is -0.890. The first kappa shape index (κ1) is 12.2. The molecule has 2 nitrogen and oxygen atoms in total. The summed E-state index contributed by atoms with van der Waals surface area (Å²) in [4.78, 5) is 0. The molecule has 0 aliphatic heterocycles. The molecule has 15 heavy (non-hydrogen) atoms. The number of aromatic nitrogens is 1. The number of hydrogen-bond donors (Lipinski definition) is 0. The number of hydrogen-bond acceptors (Lipinski definition) is 0.